The van der Waals surface area contributed by atoms with Crippen molar-refractivity contribution in [1.82, 2.24) is 4.90 Å². The summed E-state index contributed by atoms with van der Waals surface area (Å²) < 4.78 is 6.36. The van der Waals surface area contributed by atoms with Gasteiger partial charge in [0.15, 0.2) is 0 Å². The molecule has 25 heavy (non-hydrogen) atoms. The van der Waals surface area contributed by atoms with Crippen LogP contribution in [0, 0.1) is 4.91 Å². The number of likely N-dealkylation sites (tertiary alicyclic amines) is 1. The molecule has 4 nitrogen and oxygen atoms in total. The first-order chi connectivity index (χ1) is 12.2. The molecule has 1 unspecified atom stereocenters. The molecule has 2 aliphatic heterocycles. The number of nitroso groups, excluding NO2 is 1. The van der Waals surface area contributed by atoms with E-state index in [1.165, 1.54) is 5.56 Å². The number of fused-ring (bicyclic) bond motifs is 1. The van der Waals surface area contributed by atoms with Crippen molar-refractivity contribution >= 4 is 11.6 Å². The first kappa shape index (κ1) is 16.6. The second-order valence-corrected chi connectivity index (χ2v) is 7.44. The molecule has 5 heteroatoms. The highest BCUT2D eigenvalue weighted by Gasteiger charge is 2.44. The van der Waals surface area contributed by atoms with Gasteiger partial charge in [0.1, 0.15) is 17.4 Å². The minimum Gasteiger partial charge on any atom is -0.485 e. The van der Waals surface area contributed by atoms with Gasteiger partial charge in [0.2, 0.25) is 0 Å². The van der Waals surface area contributed by atoms with E-state index in [0.29, 0.717) is 17.2 Å². The summed E-state index contributed by atoms with van der Waals surface area (Å²) in [6.45, 7) is 2.84. The molecule has 4 rings (SSSR count). The van der Waals surface area contributed by atoms with Crippen LogP contribution in [-0.4, -0.2) is 23.6 Å². The fraction of sp³-hybridized carbons (Fsp3) is 0.400. The maximum Gasteiger partial charge on any atom is 0.144 e. The predicted octanol–water partition coefficient (Wildman–Crippen LogP) is 4.96. The number of nitrogens with zero attached hydrogens (tertiary/aromatic N) is 2. The van der Waals surface area contributed by atoms with Crippen LogP contribution in [0.4, 0.5) is 0 Å². The largest absolute Gasteiger partial charge is 0.485 e. The lowest BCUT2D eigenvalue weighted by atomic mass is 9.81. The Kier molecular flexibility index (Phi) is 4.48. The highest BCUT2D eigenvalue weighted by atomic mass is 35.5. The summed E-state index contributed by atoms with van der Waals surface area (Å²) in [4.78, 5) is 13.8. The molecule has 1 saturated heterocycles. The van der Waals surface area contributed by atoms with E-state index in [1.807, 2.05) is 24.3 Å². The molecule has 0 N–H and O–H groups in total. The van der Waals surface area contributed by atoms with Gasteiger partial charge in [-0.15, -0.1) is 0 Å². The van der Waals surface area contributed by atoms with Gasteiger partial charge in [-0.2, -0.15) is 4.91 Å². The Bertz CT molecular complexity index is 758. The third-order valence-electron chi connectivity index (χ3n) is 5.38. The number of rotatable bonds is 3. The van der Waals surface area contributed by atoms with Crippen LogP contribution in [0.15, 0.2) is 53.7 Å². The van der Waals surface area contributed by atoms with Crippen LogP contribution in [0.3, 0.4) is 0 Å². The number of ether oxygens (including phenoxy) is 1. The smallest absolute Gasteiger partial charge is 0.144 e. The zero-order valence-electron chi connectivity index (χ0n) is 14.0. The molecule has 1 fully saturated rings. The van der Waals surface area contributed by atoms with Crippen LogP contribution >= 0.6 is 11.6 Å². The third kappa shape index (κ3) is 3.29. The van der Waals surface area contributed by atoms with Gasteiger partial charge in [0, 0.05) is 31.6 Å². The maximum atomic E-state index is 11.4. The highest BCUT2D eigenvalue weighted by Crippen LogP contribution is 2.48. The first-order valence-electron chi connectivity index (χ1n) is 8.75. The van der Waals surface area contributed by atoms with Gasteiger partial charge in [-0.25, -0.2) is 0 Å². The van der Waals surface area contributed by atoms with Crippen LogP contribution in [0.25, 0.3) is 0 Å². The molecular formula is C20H21ClN2O2. The van der Waals surface area contributed by atoms with E-state index in [0.717, 1.165) is 38.0 Å². The van der Waals surface area contributed by atoms with Crippen molar-refractivity contribution in [1.29, 1.82) is 0 Å². The van der Waals surface area contributed by atoms with Crippen molar-refractivity contribution in [2.24, 2.45) is 5.18 Å². The second-order valence-electron chi connectivity index (χ2n) is 7.03. The number of hydrogen-bond donors (Lipinski definition) is 0. The van der Waals surface area contributed by atoms with E-state index >= 15 is 0 Å². The van der Waals surface area contributed by atoms with E-state index in [1.54, 1.807) is 0 Å². The number of para-hydroxylation sites is 1. The Morgan fingerprint density at radius 2 is 1.88 bits per heavy atom. The Labute approximate surface area is 152 Å². The molecule has 2 aromatic rings. The fourth-order valence-corrected chi connectivity index (χ4v) is 4.20. The summed E-state index contributed by atoms with van der Waals surface area (Å²) in [5.41, 5.74) is 1.81. The van der Waals surface area contributed by atoms with Gasteiger partial charge in [-0.05, 0) is 24.5 Å². The molecule has 1 atom stereocenters. The summed E-state index contributed by atoms with van der Waals surface area (Å²) in [5.74, 6) is 0.650. The van der Waals surface area contributed by atoms with Crippen molar-refractivity contribution in [3.8, 4) is 5.75 Å². The monoisotopic (exact) mass is 356 g/mol. The average Bonchev–Trinajstić information content (AvgIpc) is 2.65. The number of piperidine rings is 1. The maximum absolute atomic E-state index is 11.4. The molecule has 2 aliphatic rings. The molecule has 2 heterocycles. The lowest BCUT2D eigenvalue weighted by Gasteiger charge is -2.45. The Morgan fingerprint density at radius 1 is 1.12 bits per heavy atom. The summed E-state index contributed by atoms with van der Waals surface area (Å²) in [5, 5.41) is 3.93. The van der Waals surface area contributed by atoms with Crippen LogP contribution in [-0.2, 0) is 6.54 Å². The molecule has 0 bridgehead atoms. The highest BCUT2D eigenvalue weighted by molar-refractivity contribution is 6.32. The second kappa shape index (κ2) is 6.77. The number of benzene rings is 2. The average molecular weight is 357 g/mol. The molecule has 0 aromatic heterocycles. The predicted molar refractivity (Wildman–Crippen MR) is 98.9 cm³/mol. The summed E-state index contributed by atoms with van der Waals surface area (Å²) >= 11 is 6.32. The third-order valence-corrected chi connectivity index (χ3v) is 5.68. The summed E-state index contributed by atoms with van der Waals surface area (Å²) in [6, 6.07) is 15.7. The van der Waals surface area contributed by atoms with E-state index in [9.17, 15) is 4.91 Å². The number of halogens is 1. The van der Waals surface area contributed by atoms with Crippen molar-refractivity contribution in [2.45, 2.75) is 37.5 Å². The van der Waals surface area contributed by atoms with Gasteiger partial charge in [-0.1, -0.05) is 59.2 Å². The minimum atomic E-state index is -0.372. The van der Waals surface area contributed by atoms with E-state index in [-0.39, 0.29) is 11.6 Å². The summed E-state index contributed by atoms with van der Waals surface area (Å²) in [7, 11) is 0. The van der Waals surface area contributed by atoms with E-state index in [2.05, 4.69) is 34.3 Å². The Morgan fingerprint density at radius 3 is 2.60 bits per heavy atom. The first-order valence-corrected chi connectivity index (χ1v) is 9.13. The van der Waals surface area contributed by atoms with Gasteiger partial charge >= 0.3 is 0 Å². The molecule has 0 saturated carbocycles. The normalized spacial score (nSPS) is 22.2. The minimum absolute atomic E-state index is 0.330. The molecular weight excluding hydrogens is 336 g/mol. The topological polar surface area (TPSA) is 41.9 Å². The van der Waals surface area contributed by atoms with Crippen LogP contribution in [0.5, 0.6) is 5.75 Å². The van der Waals surface area contributed by atoms with Crippen molar-refractivity contribution < 1.29 is 4.74 Å². The van der Waals surface area contributed by atoms with Gasteiger partial charge < -0.3 is 4.74 Å². The SMILES string of the molecule is O=NC1CC2(CCN(Cc3ccccc3)CC2)Oc2c(Cl)cccc21. The molecule has 1 spiro atoms. The number of hydrogen-bond acceptors (Lipinski definition) is 4. The van der Waals surface area contributed by atoms with Gasteiger partial charge in [-0.3, -0.25) is 4.90 Å². The van der Waals surface area contributed by atoms with E-state index in [4.69, 9.17) is 16.3 Å². The van der Waals surface area contributed by atoms with Crippen molar-refractivity contribution in [3.63, 3.8) is 0 Å². The fourth-order valence-electron chi connectivity index (χ4n) is 3.98. The summed E-state index contributed by atoms with van der Waals surface area (Å²) in [6.07, 6.45) is 2.41. The van der Waals surface area contributed by atoms with Crippen LogP contribution in [0.2, 0.25) is 5.02 Å². The quantitative estimate of drug-likeness (QED) is 0.729. The van der Waals surface area contributed by atoms with Gasteiger partial charge in [0.25, 0.3) is 0 Å². The molecule has 0 amide bonds. The zero-order valence-corrected chi connectivity index (χ0v) is 14.8. The van der Waals surface area contributed by atoms with Crippen LogP contribution < -0.4 is 4.74 Å². The van der Waals surface area contributed by atoms with Crippen molar-refractivity contribution in [2.75, 3.05) is 13.1 Å². The van der Waals surface area contributed by atoms with Crippen LogP contribution in [0.1, 0.15) is 36.4 Å². The molecule has 0 radical (unpaired) electrons. The lowest BCUT2D eigenvalue weighted by molar-refractivity contribution is -0.0232. The standard InChI is InChI=1S/C20H21ClN2O2/c21-17-8-4-7-16-18(22-24)13-20(25-19(16)17)9-11-23(12-10-20)14-15-5-2-1-3-6-15/h1-8,18H,9-14H2. The Hall–Kier alpha value is -1.91. The molecule has 2 aromatic carbocycles. The molecule has 0 aliphatic carbocycles. The Balaban J connectivity index is 1.49. The molecule has 130 valence electrons. The van der Waals surface area contributed by atoms with E-state index < -0.39 is 0 Å². The van der Waals surface area contributed by atoms with Gasteiger partial charge in [0.05, 0.1) is 5.02 Å². The lowest BCUT2D eigenvalue weighted by Crippen LogP contribution is -2.50. The van der Waals surface area contributed by atoms with Crippen molar-refractivity contribution in [3.05, 3.63) is 69.6 Å². The zero-order chi connectivity index (χ0) is 17.3.